The van der Waals surface area contributed by atoms with Gasteiger partial charge in [0.2, 0.25) is 11.6 Å². The van der Waals surface area contributed by atoms with E-state index in [1.54, 1.807) is 11.5 Å². The predicted molar refractivity (Wildman–Crippen MR) is 105 cm³/mol. The fourth-order valence-corrected chi connectivity index (χ4v) is 3.49. The van der Waals surface area contributed by atoms with Crippen LogP contribution < -0.4 is 0 Å². The van der Waals surface area contributed by atoms with Gasteiger partial charge >= 0.3 is 12.4 Å². The Morgan fingerprint density at radius 2 is 1.06 bits per heavy atom. The fraction of sp³-hybridized carbons (Fsp3) is 0.273. The molecule has 3 rings (SSSR count). The highest BCUT2D eigenvalue weighted by molar-refractivity contribution is 6.16. The molecule has 174 valence electrons. The van der Waals surface area contributed by atoms with E-state index in [0.29, 0.717) is 28.4 Å². The molecule has 0 amide bonds. The number of nitrogens with zero attached hydrogens (tertiary/aromatic N) is 1. The van der Waals surface area contributed by atoms with Crippen molar-refractivity contribution in [1.82, 2.24) is 4.57 Å². The Morgan fingerprint density at radius 3 is 1.36 bits per heavy atom. The maximum Gasteiger partial charge on any atom is 0.450 e. The first-order valence-corrected chi connectivity index (χ1v) is 9.56. The average molecular weight is 471 g/mol. The molecule has 0 saturated heterocycles. The Morgan fingerprint density at radius 1 is 0.697 bits per heavy atom. The number of alkyl halides is 6. The maximum absolute atomic E-state index is 12.5. The summed E-state index contributed by atoms with van der Waals surface area (Å²) >= 11 is 0. The molecule has 0 radical (unpaired) electrons. The van der Waals surface area contributed by atoms with Crippen molar-refractivity contribution >= 4 is 44.9 Å². The quantitative estimate of drug-likeness (QED) is 0.269. The standard InChI is InChI=1S/C22H15F6NO4/c1-2-29-15-5-3-11(17(30)9-19(32)21(23,24)25)7-13(15)14-8-12(4-6-16(14)29)18(31)10-20(33)22(26,27)28/h3-8H,2,9-10H2,1H3. The second kappa shape index (κ2) is 8.45. The zero-order valence-corrected chi connectivity index (χ0v) is 16.9. The molecule has 1 aromatic heterocycles. The number of carbonyl (C=O) groups excluding carboxylic acids is 4. The monoisotopic (exact) mass is 471 g/mol. The van der Waals surface area contributed by atoms with Gasteiger partial charge in [0, 0.05) is 39.5 Å². The average Bonchev–Trinajstić information content (AvgIpc) is 3.04. The number of halogens is 6. The highest BCUT2D eigenvalue weighted by atomic mass is 19.4. The lowest BCUT2D eigenvalue weighted by Gasteiger charge is -2.06. The lowest BCUT2D eigenvalue weighted by molar-refractivity contribution is -0.170. The Hall–Kier alpha value is -3.50. The molecule has 0 N–H and O–H groups in total. The highest BCUT2D eigenvalue weighted by Crippen LogP contribution is 2.32. The van der Waals surface area contributed by atoms with Crippen LogP contribution in [0.4, 0.5) is 26.3 Å². The number of Topliss-reactive ketones (excluding diaryl/α,β-unsaturated/α-hetero) is 4. The predicted octanol–water partition coefficient (Wildman–Crippen LogP) is 5.22. The Bertz CT molecular complexity index is 1200. The van der Waals surface area contributed by atoms with Crippen molar-refractivity contribution in [3.63, 3.8) is 0 Å². The number of carbonyl (C=O) groups is 4. The summed E-state index contributed by atoms with van der Waals surface area (Å²) in [6.45, 7) is 2.22. The number of rotatable bonds is 7. The maximum atomic E-state index is 12.5. The normalized spacial score (nSPS) is 12.3. The summed E-state index contributed by atoms with van der Waals surface area (Å²) in [7, 11) is 0. The van der Waals surface area contributed by atoms with E-state index in [0.717, 1.165) is 0 Å². The molecule has 0 fully saturated rings. The van der Waals surface area contributed by atoms with Crippen molar-refractivity contribution in [3.05, 3.63) is 47.5 Å². The number of hydrogen-bond donors (Lipinski definition) is 0. The van der Waals surface area contributed by atoms with E-state index in [-0.39, 0.29) is 11.1 Å². The van der Waals surface area contributed by atoms with Gasteiger partial charge in [0.1, 0.15) is 0 Å². The van der Waals surface area contributed by atoms with Gasteiger partial charge in [-0.05, 0) is 43.3 Å². The summed E-state index contributed by atoms with van der Waals surface area (Å²) in [5, 5.41) is 0.711. The second-order valence-corrected chi connectivity index (χ2v) is 7.25. The molecule has 5 nitrogen and oxygen atoms in total. The van der Waals surface area contributed by atoms with Gasteiger partial charge in [0.05, 0.1) is 12.8 Å². The van der Waals surface area contributed by atoms with Gasteiger partial charge in [-0.2, -0.15) is 26.3 Å². The Labute approximate surface area is 182 Å². The Balaban J connectivity index is 2.06. The molecule has 0 unspecified atom stereocenters. The molecule has 1 heterocycles. The number of aromatic nitrogens is 1. The van der Waals surface area contributed by atoms with Crippen molar-refractivity contribution in [2.24, 2.45) is 0 Å². The van der Waals surface area contributed by atoms with Crippen LogP contribution in [-0.4, -0.2) is 40.1 Å². The van der Waals surface area contributed by atoms with E-state index in [1.807, 2.05) is 0 Å². The van der Waals surface area contributed by atoms with Crippen LogP contribution in [0.1, 0.15) is 40.5 Å². The molecule has 0 aliphatic carbocycles. The third-order valence-electron chi connectivity index (χ3n) is 5.10. The van der Waals surface area contributed by atoms with Crippen LogP contribution in [-0.2, 0) is 16.1 Å². The smallest absolute Gasteiger partial charge is 0.341 e. The SMILES string of the molecule is CCn1c2ccc(C(=O)CC(=O)C(F)(F)F)cc2c2cc(C(=O)CC(=O)C(F)(F)F)ccc21. The Kier molecular flexibility index (Phi) is 6.18. The zero-order valence-electron chi connectivity index (χ0n) is 16.9. The van der Waals surface area contributed by atoms with Crippen LogP contribution in [0.2, 0.25) is 0 Å². The molecule has 0 atom stereocenters. The van der Waals surface area contributed by atoms with Crippen LogP contribution in [0.3, 0.4) is 0 Å². The molecule has 0 spiro atoms. The first kappa shape index (κ1) is 24.1. The summed E-state index contributed by atoms with van der Waals surface area (Å²) in [6, 6.07) is 8.02. The van der Waals surface area contributed by atoms with Gasteiger partial charge in [-0.25, -0.2) is 0 Å². The third-order valence-corrected chi connectivity index (χ3v) is 5.10. The number of aryl methyl sites for hydroxylation is 1. The van der Waals surface area contributed by atoms with E-state index in [1.165, 1.54) is 36.4 Å². The number of ketones is 4. The lowest BCUT2D eigenvalue weighted by atomic mass is 10.0. The van der Waals surface area contributed by atoms with Crippen LogP contribution in [0.5, 0.6) is 0 Å². The van der Waals surface area contributed by atoms with E-state index < -0.39 is 48.3 Å². The molecule has 0 aliphatic heterocycles. The number of fused-ring (bicyclic) bond motifs is 3. The van der Waals surface area contributed by atoms with Crippen molar-refractivity contribution in [2.75, 3.05) is 0 Å². The largest absolute Gasteiger partial charge is 0.450 e. The van der Waals surface area contributed by atoms with Gasteiger partial charge in [-0.3, -0.25) is 19.2 Å². The molecular formula is C22H15F6NO4. The molecule has 0 saturated carbocycles. The van der Waals surface area contributed by atoms with Crippen molar-refractivity contribution in [3.8, 4) is 0 Å². The van der Waals surface area contributed by atoms with Crippen LogP contribution in [0, 0.1) is 0 Å². The van der Waals surface area contributed by atoms with Crippen LogP contribution in [0.15, 0.2) is 36.4 Å². The number of hydrogen-bond acceptors (Lipinski definition) is 4. The minimum absolute atomic E-state index is 0.167. The first-order chi connectivity index (χ1) is 15.2. The minimum Gasteiger partial charge on any atom is -0.341 e. The van der Waals surface area contributed by atoms with Crippen molar-refractivity contribution in [2.45, 2.75) is 38.7 Å². The summed E-state index contributed by atoms with van der Waals surface area (Å²) in [4.78, 5) is 46.8. The van der Waals surface area contributed by atoms with Gasteiger partial charge in [-0.1, -0.05) is 0 Å². The van der Waals surface area contributed by atoms with Crippen molar-refractivity contribution in [1.29, 1.82) is 0 Å². The summed E-state index contributed by atoms with van der Waals surface area (Å²) in [5.74, 6) is -6.49. The summed E-state index contributed by atoms with van der Waals surface area (Å²) < 4.78 is 76.7. The van der Waals surface area contributed by atoms with Crippen LogP contribution >= 0.6 is 0 Å². The van der Waals surface area contributed by atoms with Gasteiger partial charge in [0.15, 0.2) is 11.6 Å². The topological polar surface area (TPSA) is 73.2 Å². The summed E-state index contributed by atoms with van der Waals surface area (Å²) in [5.41, 5.74) is 0.780. The van der Waals surface area contributed by atoms with Crippen molar-refractivity contribution < 1.29 is 45.5 Å². The molecule has 0 bridgehead atoms. The van der Waals surface area contributed by atoms with Gasteiger partial charge in [0.25, 0.3) is 0 Å². The highest BCUT2D eigenvalue weighted by Gasteiger charge is 2.40. The van der Waals surface area contributed by atoms with E-state index in [2.05, 4.69) is 0 Å². The zero-order chi connectivity index (χ0) is 24.7. The number of benzene rings is 2. The lowest BCUT2D eigenvalue weighted by Crippen LogP contribution is -2.25. The molecule has 3 aromatic rings. The first-order valence-electron chi connectivity index (χ1n) is 9.56. The van der Waals surface area contributed by atoms with Crippen LogP contribution in [0.25, 0.3) is 21.8 Å². The van der Waals surface area contributed by atoms with E-state index in [4.69, 9.17) is 0 Å². The fourth-order valence-electron chi connectivity index (χ4n) is 3.49. The minimum atomic E-state index is -5.15. The molecule has 2 aromatic carbocycles. The molecule has 33 heavy (non-hydrogen) atoms. The van der Waals surface area contributed by atoms with E-state index in [9.17, 15) is 45.5 Å². The second-order valence-electron chi connectivity index (χ2n) is 7.25. The molecular weight excluding hydrogens is 456 g/mol. The van der Waals surface area contributed by atoms with Gasteiger partial charge in [-0.15, -0.1) is 0 Å². The molecule has 0 aliphatic rings. The van der Waals surface area contributed by atoms with Gasteiger partial charge < -0.3 is 4.57 Å². The molecule has 11 heteroatoms. The summed E-state index contributed by atoms with van der Waals surface area (Å²) in [6.07, 6.45) is -13.0. The van der Waals surface area contributed by atoms with E-state index >= 15 is 0 Å². The third kappa shape index (κ3) is 4.81.